The van der Waals surface area contributed by atoms with E-state index in [1.54, 1.807) is 18.2 Å². The van der Waals surface area contributed by atoms with Crippen molar-refractivity contribution in [1.29, 1.82) is 0 Å². The first-order valence-corrected chi connectivity index (χ1v) is 7.70. The molecule has 1 aromatic carbocycles. The smallest absolute Gasteiger partial charge is 0.180 e. The summed E-state index contributed by atoms with van der Waals surface area (Å²) in [5.74, 6) is 0.122. The monoisotopic (exact) mass is 320 g/mol. The van der Waals surface area contributed by atoms with Crippen LogP contribution < -0.4 is 5.73 Å². The standard InChI is InChI=1S/C11H17BrN2O2S/c1-14(2)6-3-7-17(15,16)11-5-4-9(12)8-10(11)13/h4-5,8H,3,6-7,13H2,1-2H3. The average molecular weight is 321 g/mol. The Labute approximate surface area is 111 Å². The molecule has 96 valence electrons. The highest BCUT2D eigenvalue weighted by Gasteiger charge is 2.17. The molecule has 0 fully saturated rings. The molecule has 1 rings (SSSR count). The number of nitrogen functional groups attached to an aromatic ring is 1. The van der Waals surface area contributed by atoms with Gasteiger partial charge in [0.15, 0.2) is 9.84 Å². The maximum Gasteiger partial charge on any atom is 0.180 e. The van der Waals surface area contributed by atoms with Crippen LogP contribution in [0, 0.1) is 0 Å². The Morgan fingerprint density at radius 1 is 1.35 bits per heavy atom. The molecule has 0 saturated carbocycles. The van der Waals surface area contributed by atoms with Gasteiger partial charge in [-0.05, 0) is 45.3 Å². The Bertz CT molecular complexity index is 486. The molecule has 0 aliphatic carbocycles. The maximum absolute atomic E-state index is 12.0. The van der Waals surface area contributed by atoms with Crippen LogP contribution >= 0.6 is 15.9 Å². The summed E-state index contributed by atoms with van der Waals surface area (Å²) in [5, 5.41) is 0. The van der Waals surface area contributed by atoms with Crippen molar-refractivity contribution in [2.24, 2.45) is 0 Å². The summed E-state index contributed by atoms with van der Waals surface area (Å²) in [7, 11) is 0.559. The third-order valence-electron chi connectivity index (χ3n) is 2.33. The lowest BCUT2D eigenvalue weighted by atomic mass is 10.3. The number of hydrogen-bond acceptors (Lipinski definition) is 4. The predicted octanol–water partition coefficient (Wildman–Crippen LogP) is 1.76. The fraction of sp³-hybridized carbons (Fsp3) is 0.455. The molecule has 17 heavy (non-hydrogen) atoms. The number of hydrogen-bond donors (Lipinski definition) is 1. The van der Waals surface area contributed by atoms with E-state index in [2.05, 4.69) is 15.9 Å². The minimum absolute atomic E-state index is 0.122. The van der Waals surface area contributed by atoms with Crippen molar-refractivity contribution in [2.75, 3.05) is 32.1 Å². The van der Waals surface area contributed by atoms with Crippen LogP contribution in [-0.4, -0.2) is 39.7 Å². The molecule has 6 heteroatoms. The van der Waals surface area contributed by atoms with Crippen molar-refractivity contribution in [2.45, 2.75) is 11.3 Å². The van der Waals surface area contributed by atoms with Gasteiger partial charge in [-0.25, -0.2) is 8.42 Å². The van der Waals surface area contributed by atoms with Crippen LogP contribution in [0.3, 0.4) is 0 Å². The summed E-state index contributed by atoms with van der Waals surface area (Å²) < 4.78 is 24.8. The Morgan fingerprint density at radius 3 is 2.53 bits per heavy atom. The van der Waals surface area contributed by atoms with Crippen LogP contribution in [0.15, 0.2) is 27.6 Å². The zero-order valence-electron chi connectivity index (χ0n) is 9.98. The molecule has 0 spiro atoms. The summed E-state index contributed by atoms with van der Waals surface area (Å²) >= 11 is 3.25. The summed E-state index contributed by atoms with van der Waals surface area (Å²) in [4.78, 5) is 2.18. The van der Waals surface area contributed by atoms with Crippen molar-refractivity contribution >= 4 is 31.5 Å². The second-order valence-electron chi connectivity index (χ2n) is 4.16. The van der Waals surface area contributed by atoms with Gasteiger partial charge in [-0.2, -0.15) is 0 Å². The number of halogens is 1. The highest BCUT2D eigenvalue weighted by molar-refractivity contribution is 9.10. The van der Waals surface area contributed by atoms with Gasteiger partial charge in [0.25, 0.3) is 0 Å². The zero-order chi connectivity index (χ0) is 13.1. The number of nitrogens with two attached hydrogens (primary N) is 1. The first kappa shape index (κ1) is 14.5. The third-order valence-corrected chi connectivity index (χ3v) is 4.69. The molecule has 0 radical (unpaired) electrons. The molecule has 0 atom stereocenters. The average Bonchev–Trinajstić information content (AvgIpc) is 2.15. The quantitative estimate of drug-likeness (QED) is 0.840. The van der Waals surface area contributed by atoms with Gasteiger partial charge >= 0.3 is 0 Å². The number of anilines is 1. The van der Waals surface area contributed by atoms with Crippen LogP contribution in [0.2, 0.25) is 0 Å². The van der Waals surface area contributed by atoms with Crippen LogP contribution in [0.4, 0.5) is 5.69 Å². The Kier molecular flexibility index (Phi) is 4.97. The summed E-state index contributed by atoms with van der Waals surface area (Å²) in [6.07, 6.45) is 0.602. The first-order chi connectivity index (χ1) is 7.83. The van der Waals surface area contributed by atoms with Gasteiger partial charge in [-0.3, -0.25) is 0 Å². The molecule has 0 saturated heterocycles. The van der Waals surface area contributed by atoms with Gasteiger partial charge in [-0.15, -0.1) is 0 Å². The molecule has 0 amide bonds. The number of rotatable bonds is 5. The molecular formula is C11H17BrN2O2S. The van der Waals surface area contributed by atoms with E-state index in [1.807, 2.05) is 19.0 Å². The van der Waals surface area contributed by atoms with Crippen LogP contribution in [0.25, 0.3) is 0 Å². The molecular weight excluding hydrogens is 304 g/mol. The molecule has 0 heterocycles. The lowest BCUT2D eigenvalue weighted by Gasteiger charge is -2.10. The van der Waals surface area contributed by atoms with E-state index >= 15 is 0 Å². The van der Waals surface area contributed by atoms with E-state index in [0.717, 1.165) is 11.0 Å². The first-order valence-electron chi connectivity index (χ1n) is 5.25. The minimum Gasteiger partial charge on any atom is -0.398 e. The Hall–Kier alpha value is -0.590. The summed E-state index contributed by atoms with van der Waals surface area (Å²) in [6, 6.07) is 4.85. The predicted molar refractivity (Wildman–Crippen MR) is 73.8 cm³/mol. The zero-order valence-corrected chi connectivity index (χ0v) is 12.4. The van der Waals surface area contributed by atoms with E-state index in [4.69, 9.17) is 5.73 Å². The molecule has 0 bridgehead atoms. The van der Waals surface area contributed by atoms with Gasteiger partial charge < -0.3 is 10.6 Å². The topological polar surface area (TPSA) is 63.4 Å². The van der Waals surface area contributed by atoms with E-state index in [9.17, 15) is 8.42 Å². The lowest BCUT2D eigenvalue weighted by molar-refractivity contribution is 0.408. The molecule has 0 unspecified atom stereocenters. The van der Waals surface area contributed by atoms with Crippen molar-refractivity contribution in [3.8, 4) is 0 Å². The maximum atomic E-state index is 12.0. The number of sulfone groups is 1. The van der Waals surface area contributed by atoms with E-state index in [0.29, 0.717) is 12.1 Å². The van der Waals surface area contributed by atoms with Gasteiger partial charge in [0.2, 0.25) is 0 Å². The van der Waals surface area contributed by atoms with Gasteiger partial charge in [0, 0.05) is 4.47 Å². The Balaban J connectivity index is 2.83. The van der Waals surface area contributed by atoms with Crippen molar-refractivity contribution in [3.63, 3.8) is 0 Å². The van der Waals surface area contributed by atoms with Crippen molar-refractivity contribution in [3.05, 3.63) is 22.7 Å². The normalized spacial score (nSPS) is 12.0. The molecule has 4 nitrogen and oxygen atoms in total. The summed E-state index contributed by atoms with van der Waals surface area (Å²) in [6.45, 7) is 0.746. The molecule has 0 aliphatic heterocycles. The summed E-state index contributed by atoms with van der Waals surface area (Å²) in [5.41, 5.74) is 6.02. The SMILES string of the molecule is CN(C)CCCS(=O)(=O)c1ccc(Br)cc1N. The number of nitrogens with zero attached hydrogens (tertiary/aromatic N) is 1. The van der Waals surface area contributed by atoms with E-state index in [-0.39, 0.29) is 10.6 Å². The number of benzene rings is 1. The molecule has 1 aromatic rings. The second kappa shape index (κ2) is 5.84. The highest BCUT2D eigenvalue weighted by atomic mass is 79.9. The van der Waals surface area contributed by atoms with Gasteiger partial charge in [-0.1, -0.05) is 15.9 Å². The highest BCUT2D eigenvalue weighted by Crippen LogP contribution is 2.24. The largest absolute Gasteiger partial charge is 0.398 e. The van der Waals surface area contributed by atoms with Crippen LogP contribution in [-0.2, 0) is 9.84 Å². The minimum atomic E-state index is -3.28. The molecule has 0 aromatic heterocycles. The second-order valence-corrected chi connectivity index (χ2v) is 7.15. The molecule has 2 N–H and O–H groups in total. The van der Waals surface area contributed by atoms with Gasteiger partial charge in [0.1, 0.15) is 0 Å². The fourth-order valence-corrected chi connectivity index (χ4v) is 3.28. The van der Waals surface area contributed by atoms with E-state index < -0.39 is 9.84 Å². The van der Waals surface area contributed by atoms with Crippen molar-refractivity contribution in [1.82, 2.24) is 4.90 Å². The third kappa shape index (κ3) is 4.29. The molecule has 0 aliphatic rings. The fourth-order valence-electron chi connectivity index (χ4n) is 1.48. The van der Waals surface area contributed by atoms with Crippen LogP contribution in [0.5, 0.6) is 0 Å². The van der Waals surface area contributed by atoms with Crippen LogP contribution in [0.1, 0.15) is 6.42 Å². The van der Waals surface area contributed by atoms with E-state index in [1.165, 1.54) is 0 Å². The Morgan fingerprint density at radius 2 is 2.00 bits per heavy atom. The van der Waals surface area contributed by atoms with Gasteiger partial charge in [0.05, 0.1) is 16.3 Å². The lowest BCUT2D eigenvalue weighted by Crippen LogP contribution is -2.17. The van der Waals surface area contributed by atoms with Crippen molar-refractivity contribution < 1.29 is 8.42 Å².